The molecule has 1 atom stereocenters. The van der Waals surface area contributed by atoms with Gasteiger partial charge in [0.15, 0.2) is 6.61 Å². The van der Waals surface area contributed by atoms with Gasteiger partial charge in [-0.25, -0.2) is 0 Å². The molecule has 3 rings (SSSR count). The van der Waals surface area contributed by atoms with Crippen LogP contribution in [0.4, 0.5) is 0 Å². The first-order valence-electron chi connectivity index (χ1n) is 10.5. The van der Waals surface area contributed by atoms with Crippen molar-refractivity contribution in [2.45, 2.75) is 58.2 Å². The summed E-state index contributed by atoms with van der Waals surface area (Å²) in [5.41, 5.74) is 1.99. The molecule has 6 heteroatoms. The molecule has 0 aliphatic heterocycles. The van der Waals surface area contributed by atoms with Crippen molar-refractivity contribution in [3.63, 3.8) is 0 Å². The highest BCUT2D eigenvalue weighted by Gasteiger charge is 2.28. The Morgan fingerprint density at radius 1 is 1.17 bits per heavy atom. The van der Waals surface area contributed by atoms with Gasteiger partial charge in [0.25, 0.3) is 5.91 Å². The minimum Gasteiger partial charge on any atom is -0.484 e. The standard InChI is InChI=1S/C24H29ClN2O3/c1-17-10-12-22(13-11-17)30-16-23(28)27(15-19-6-5-7-20(25)14-19)18(2)24(29)26-21-8-3-4-9-21/h5-7,10-14,18,21H,3-4,8-9,15-16H2,1-2H3,(H,26,29)/t18-/m1/s1. The van der Waals surface area contributed by atoms with E-state index < -0.39 is 6.04 Å². The van der Waals surface area contributed by atoms with Crippen molar-refractivity contribution in [2.24, 2.45) is 0 Å². The van der Waals surface area contributed by atoms with Crippen molar-refractivity contribution < 1.29 is 14.3 Å². The summed E-state index contributed by atoms with van der Waals surface area (Å²) < 4.78 is 5.68. The lowest BCUT2D eigenvalue weighted by Crippen LogP contribution is -2.50. The Kier molecular flexibility index (Phi) is 7.75. The van der Waals surface area contributed by atoms with Crippen LogP contribution in [-0.2, 0) is 16.1 Å². The highest BCUT2D eigenvalue weighted by atomic mass is 35.5. The zero-order valence-electron chi connectivity index (χ0n) is 17.6. The van der Waals surface area contributed by atoms with Crippen LogP contribution in [0.2, 0.25) is 5.02 Å². The van der Waals surface area contributed by atoms with Crippen LogP contribution >= 0.6 is 11.6 Å². The van der Waals surface area contributed by atoms with Gasteiger partial charge >= 0.3 is 0 Å². The molecule has 2 aromatic carbocycles. The minimum absolute atomic E-state index is 0.132. The van der Waals surface area contributed by atoms with Crippen LogP contribution in [0.15, 0.2) is 48.5 Å². The Balaban J connectivity index is 1.70. The molecule has 1 aliphatic rings. The Morgan fingerprint density at radius 3 is 2.53 bits per heavy atom. The number of hydrogen-bond donors (Lipinski definition) is 1. The van der Waals surface area contributed by atoms with Crippen LogP contribution in [0.25, 0.3) is 0 Å². The molecule has 1 saturated carbocycles. The van der Waals surface area contributed by atoms with E-state index in [1.54, 1.807) is 17.9 Å². The van der Waals surface area contributed by atoms with Gasteiger partial charge in [-0.1, -0.05) is 54.3 Å². The number of nitrogens with zero attached hydrogens (tertiary/aromatic N) is 1. The predicted octanol–water partition coefficient (Wildman–Crippen LogP) is 4.50. The first kappa shape index (κ1) is 22.2. The summed E-state index contributed by atoms with van der Waals surface area (Å²) in [7, 11) is 0. The predicted molar refractivity (Wildman–Crippen MR) is 119 cm³/mol. The highest BCUT2D eigenvalue weighted by Crippen LogP contribution is 2.19. The maximum absolute atomic E-state index is 13.0. The molecule has 2 aromatic rings. The average molecular weight is 429 g/mol. The van der Waals surface area contributed by atoms with Crippen LogP contribution in [0.1, 0.15) is 43.7 Å². The molecular weight excluding hydrogens is 400 g/mol. The number of ether oxygens (including phenoxy) is 1. The number of rotatable bonds is 8. The Labute approximate surface area is 183 Å². The molecule has 5 nitrogen and oxygen atoms in total. The lowest BCUT2D eigenvalue weighted by Gasteiger charge is -2.29. The zero-order chi connectivity index (χ0) is 21.5. The smallest absolute Gasteiger partial charge is 0.261 e. The van der Waals surface area contributed by atoms with Crippen LogP contribution < -0.4 is 10.1 Å². The largest absolute Gasteiger partial charge is 0.484 e. The number of hydrogen-bond acceptors (Lipinski definition) is 3. The lowest BCUT2D eigenvalue weighted by molar-refractivity contribution is -0.142. The second-order valence-electron chi connectivity index (χ2n) is 7.92. The van der Waals surface area contributed by atoms with Gasteiger partial charge in [0.2, 0.25) is 5.91 Å². The normalized spacial score (nSPS) is 14.9. The molecule has 0 spiro atoms. The van der Waals surface area contributed by atoms with Gasteiger partial charge in [0, 0.05) is 17.6 Å². The van der Waals surface area contributed by atoms with Crippen molar-refractivity contribution in [3.8, 4) is 5.75 Å². The fourth-order valence-electron chi connectivity index (χ4n) is 3.67. The Morgan fingerprint density at radius 2 is 1.87 bits per heavy atom. The minimum atomic E-state index is -0.612. The summed E-state index contributed by atoms with van der Waals surface area (Å²) >= 11 is 6.11. The van der Waals surface area contributed by atoms with Crippen LogP contribution in [-0.4, -0.2) is 35.4 Å². The third kappa shape index (κ3) is 6.23. The van der Waals surface area contributed by atoms with Crippen LogP contribution in [0, 0.1) is 6.92 Å². The Bertz CT molecular complexity index is 863. The van der Waals surface area contributed by atoms with Crippen LogP contribution in [0.5, 0.6) is 5.75 Å². The van der Waals surface area contributed by atoms with Crippen molar-refractivity contribution >= 4 is 23.4 Å². The van der Waals surface area contributed by atoms with E-state index in [1.165, 1.54) is 0 Å². The monoisotopic (exact) mass is 428 g/mol. The molecule has 0 aromatic heterocycles. The molecule has 160 valence electrons. The molecule has 0 heterocycles. The van der Waals surface area contributed by atoms with Gasteiger partial charge < -0.3 is 15.0 Å². The average Bonchev–Trinajstić information content (AvgIpc) is 3.24. The molecule has 1 N–H and O–H groups in total. The second-order valence-corrected chi connectivity index (χ2v) is 8.36. The van der Waals surface area contributed by atoms with E-state index in [4.69, 9.17) is 16.3 Å². The van der Waals surface area contributed by atoms with Gasteiger partial charge in [-0.15, -0.1) is 0 Å². The van der Waals surface area contributed by atoms with E-state index >= 15 is 0 Å². The molecule has 2 amide bonds. The molecule has 1 fully saturated rings. The molecule has 0 unspecified atom stereocenters. The third-order valence-electron chi connectivity index (χ3n) is 5.49. The number of halogens is 1. The molecule has 30 heavy (non-hydrogen) atoms. The molecule has 0 bridgehead atoms. The summed E-state index contributed by atoms with van der Waals surface area (Å²) in [6.45, 7) is 3.91. The summed E-state index contributed by atoms with van der Waals surface area (Å²) in [6.07, 6.45) is 4.26. The van der Waals surface area contributed by atoms with Crippen molar-refractivity contribution in [2.75, 3.05) is 6.61 Å². The fraction of sp³-hybridized carbons (Fsp3) is 0.417. The summed E-state index contributed by atoms with van der Waals surface area (Å²) in [4.78, 5) is 27.4. The van der Waals surface area contributed by atoms with E-state index in [1.807, 2.05) is 49.4 Å². The van der Waals surface area contributed by atoms with Gasteiger partial charge in [-0.3, -0.25) is 9.59 Å². The first-order valence-corrected chi connectivity index (χ1v) is 10.8. The summed E-state index contributed by atoms with van der Waals surface area (Å²) in [6, 6.07) is 14.5. The van der Waals surface area contributed by atoms with E-state index in [0.29, 0.717) is 10.8 Å². The van der Waals surface area contributed by atoms with E-state index in [2.05, 4.69) is 5.32 Å². The van der Waals surface area contributed by atoms with Gasteiger partial charge in [-0.2, -0.15) is 0 Å². The van der Waals surface area contributed by atoms with Crippen molar-refractivity contribution in [1.29, 1.82) is 0 Å². The fourth-order valence-corrected chi connectivity index (χ4v) is 3.88. The molecular formula is C24H29ClN2O3. The SMILES string of the molecule is Cc1ccc(OCC(=O)N(Cc2cccc(Cl)c2)[C@H](C)C(=O)NC2CCCC2)cc1. The molecule has 0 saturated heterocycles. The van der Waals surface area contributed by atoms with Gasteiger partial charge in [0.1, 0.15) is 11.8 Å². The van der Waals surface area contributed by atoms with Crippen molar-refractivity contribution in [3.05, 3.63) is 64.7 Å². The second kappa shape index (κ2) is 10.5. The molecule has 1 aliphatic carbocycles. The highest BCUT2D eigenvalue weighted by molar-refractivity contribution is 6.30. The van der Waals surface area contributed by atoms with Gasteiger partial charge in [0.05, 0.1) is 0 Å². The summed E-state index contributed by atoms with van der Waals surface area (Å²) in [5, 5.41) is 3.69. The van der Waals surface area contributed by atoms with E-state index in [9.17, 15) is 9.59 Å². The van der Waals surface area contributed by atoms with Crippen LogP contribution in [0.3, 0.4) is 0 Å². The lowest BCUT2D eigenvalue weighted by atomic mass is 10.1. The maximum Gasteiger partial charge on any atom is 0.261 e. The number of aryl methyl sites for hydroxylation is 1. The maximum atomic E-state index is 13.0. The number of benzene rings is 2. The van der Waals surface area contributed by atoms with Gasteiger partial charge in [-0.05, 0) is 56.5 Å². The zero-order valence-corrected chi connectivity index (χ0v) is 18.3. The van der Waals surface area contributed by atoms with E-state index in [-0.39, 0.29) is 31.0 Å². The number of carbonyl (C=O) groups is 2. The van der Waals surface area contributed by atoms with E-state index in [0.717, 1.165) is 36.8 Å². The number of nitrogens with one attached hydrogen (secondary N) is 1. The Hall–Kier alpha value is -2.53. The quantitative estimate of drug-likeness (QED) is 0.673. The number of carbonyl (C=O) groups excluding carboxylic acids is 2. The number of amides is 2. The third-order valence-corrected chi connectivity index (χ3v) is 5.73. The summed E-state index contributed by atoms with van der Waals surface area (Å²) in [5.74, 6) is 0.247. The first-order chi connectivity index (χ1) is 14.4. The molecule has 0 radical (unpaired) electrons. The van der Waals surface area contributed by atoms with Crippen molar-refractivity contribution in [1.82, 2.24) is 10.2 Å². The topological polar surface area (TPSA) is 58.6 Å².